The quantitative estimate of drug-likeness (QED) is 0.757. The number of benzene rings is 1. The molecule has 0 amide bonds. The van der Waals surface area contributed by atoms with Crippen LogP contribution in [0.2, 0.25) is 0 Å². The van der Waals surface area contributed by atoms with Gasteiger partial charge in [0.2, 0.25) is 0 Å². The van der Waals surface area contributed by atoms with Gasteiger partial charge in [0.05, 0.1) is 6.54 Å². The maximum atomic E-state index is 5.74. The van der Waals surface area contributed by atoms with E-state index in [2.05, 4.69) is 9.88 Å². The van der Waals surface area contributed by atoms with Crippen molar-refractivity contribution in [1.82, 2.24) is 4.98 Å². The smallest absolute Gasteiger partial charge is 0.128 e. The lowest BCUT2D eigenvalue weighted by molar-refractivity contribution is 0.325. The van der Waals surface area contributed by atoms with E-state index in [0.29, 0.717) is 12.5 Å². The van der Waals surface area contributed by atoms with Crippen LogP contribution in [0.5, 0.6) is 5.75 Å². The fourth-order valence-electron chi connectivity index (χ4n) is 1.67. The second-order valence-electron chi connectivity index (χ2n) is 4.24. The summed E-state index contributed by atoms with van der Waals surface area (Å²) in [4.78, 5) is 6.35. The number of hydrogen-bond acceptors (Lipinski definition) is 3. The largest absolute Gasteiger partial charge is 0.492 e. The van der Waals surface area contributed by atoms with E-state index in [4.69, 9.17) is 16.3 Å². The van der Waals surface area contributed by atoms with Gasteiger partial charge in [0.1, 0.15) is 18.2 Å². The third-order valence-electron chi connectivity index (χ3n) is 2.81. The Kier molecular flexibility index (Phi) is 5.04. The molecule has 0 saturated carbocycles. The van der Waals surface area contributed by atoms with Gasteiger partial charge in [-0.1, -0.05) is 18.2 Å². The Bertz CT molecular complexity index is 487. The van der Waals surface area contributed by atoms with Gasteiger partial charge in [-0.25, -0.2) is 4.98 Å². The predicted molar refractivity (Wildman–Crippen MR) is 79.0 cm³/mol. The zero-order valence-corrected chi connectivity index (χ0v) is 11.7. The van der Waals surface area contributed by atoms with E-state index in [-0.39, 0.29) is 0 Å². The molecule has 19 heavy (non-hydrogen) atoms. The number of aromatic nitrogens is 1. The standard InChI is InChI=1S/C15H17ClN2O/c1-18(15-4-2-3-9-17-15)10-11-19-14-7-5-13(12-16)6-8-14/h2-9H,10-12H2,1H3. The van der Waals surface area contributed by atoms with Gasteiger partial charge in [0, 0.05) is 19.1 Å². The van der Waals surface area contributed by atoms with E-state index in [0.717, 1.165) is 23.7 Å². The SMILES string of the molecule is CN(CCOc1ccc(CCl)cc1)c1ccccn1. The van der Waals surface area contributed by atoms with Crippen molar-refractivity contribution in [2.24, 2.45) is 0 Å². The summed E-state index contributed by atoms with van der Waals surface area (Å²) in [5.74, 6) is 2.34. The molecule has 1 aromatic heterocycles. The van der Waals surface area contributed by atoms with Gasteiger partial charge in [-0.05, 0) is 29.8 Å². The Balaban J connectivity index is 1.79. The van der Waals surface area contributed by atoms with Crippen LogP contribution < -0.4 is 9.64 Å². The first-order valence-corrected chi connectivity index (χ1v) is 6.73. The van der Waals surface area contributed by atoms with Crippen molar-refractivity contribution in [3.63, 3.8) is 0 Å². The summed E-state index contributed by atoms with van der Waals surface area (Å²) < 4.78 is 5.69. The summed E-state index contributed by atoms with van der Waals surface area (Å²) in [5.41, 5.74) is 1.10. The molecule has 0 bridgehead atoms. The lowest BCUT2D eigenvalue weighted by Gasteiger charge is -2.18. The maximum absolute atomic E-state index is 5.74. The van der Waals surface area contributed by atoms with E-state index in [9.17, 15) is 0 Å². The van der Waals surface area contributed by atoms with Crippen molar-refractivity contribution >= 4 is 17.4 Å². The summed E-state index contributed by atoms with van der Waals surface area (Å²) in [5, 5.41) is 0. The Morgan fingerprint density at radius 3 is 2.58 bits per heavy atom. The van der Waals surface area contributed by atoms with Crippen LogP contribution in [0, 0.1) is 0 Å². The van der Waals surface area contributed by atoms with Crippen molar-refractivity contribution in [2.75, 3.05) is 25.1 Å². The molecule has 0 atom stereocenters. The third kappa shape index (κ3) is 4.14. The van der Waals surface area contributed by atoms with E-state index >= 15 is 0 Å². The fraction of sp³-hybridized carbons (Fsp3) is 0.267. The third-order valence-corrected chi connectivity index (χ3v) is 3.12. The first-order valence-electron chi connectivity index (χ1n) is 6.19. The van der Waals surface area contributed by atoms with E-state index < -0.39 is 0 Å². The highest BCUT2D eigenvalue weighted by atomic mass is 35.5. The number of alkyl halides is 1. The van der Waals surface area contributed by atoms with Crippen molar-refractivity contribution in [3.05, 3.63) is 54.2 Å². The number of nitrogens with zero attached hydrogens (tertiary/aromatic N) is 2. The summed E-state index contributed by atoms with van der Waals surface area (Å²) in [6, 6.07) is 13.7. The van der Waals surface area contributed by atoms with Gasteiger partial charge in [0.25, 0.3) is 0 Å². The van der Waals surface area contributed by atoms with E-state index in [1.54, 1.807) is 6.20 Å². The molecule has 2 rings (SSSR count). The number of hydrogen-bond donors (Lipinski definition) is 0. The van der Waals surface area contributed by atoms with Gasteiger partial charge in [-0.15, -0.1) is 11.6 Å². The second kappa shape index (κ2) is 7.00. The van der Waals surface area contributed by atoms with Gasteiger partial charge < -0.3 is 9.64 Å². The normalized spacial score (nSPS) is 10.2. The molecular weight excluding hydrogens is 260 g/mol. The number of halogens is 1. The molecule has 3 nitrogen and oxygen atoms in total. The van der Waals surface area contributed by atoms with Crippen LogP contribution in [0.15, 0.2) is 48.7 Å². The monoisotopic (exact) mass is 276 g/mol. The first-order chi connectivity index (χ1) is 9.29. The van der Waals surface area contributed by atoms with Crippen molar-refractivity contribution < 1.29 is 4.74 Å². The summed E-state index contributed by atoms with van der Waals surface area (Å²) in [6.45, 7) is 1.40. The van der Waals surface area contributed by atoms with Crippen LogP contribution in [0.1, 0.15) is 5.56 Å². The summed E-state index contributed by atoms with van der Waals surface area (Å²) in [6.07, 6.45) is 1.79. The average Bonchev–Trinajstić information content (AvgIpc) is 2.49. The molecule has 100 valence electrons. The van der Waals surface area contributed by atoms with Crippen LogP contribution >= 0.6 is 11.6 Å². The van der Waals surface area contributed by atoms with Crippen molar-refractivity contribution in [1.29, 1.82) is 0 Å². The van der Waals surface area contributed by atoms with Gasteiger partial charge in [-0.2, -0.15) is 0 Å². The fourth-order valence-corrected chi connectivity index (χ4v) is 1.85. The van der Waals surface area contributed by atoms with Crippen LogP contribution in [0.25, 0.3) is 0 Å². The zero-order valence-electron chi connectivity index (χ0n) is 10.9. The lowest BCUT2D eigenvalue weighted by atomic mass is 10.2. The van der Waals surface area contributed by atoms with Crippen LogP contribution in [-0.2, 0) is 5.88 Å². The molecule has 0 fully saturated rings. The Morgan fingerprint density at radius 1 is 1.16 bits per heavy atom. The molecular formula is C15H17ClN2O. The minimum atomic E-state index is 0.530. The lowest BCUT2D eigenvalue weighted by Crippen LogP contribution is -2.24. The highest BCUT2D eigenvalue weighted by Crippen LogP contribution is 2.13. The topological polar surface area (TPSA) is 25.4 Å². The van der Waals surface area contributed by atoms with Crippen molar-refractivity contribution in [3.8, 4) is 5.75 Å². The summed E-state index contributed by atoms with van der Waals surface area (Å²) in [7, 11) is 2.00. The Hall–Kier alpha value is -1.74. The molecule has 1 aromatic carbocycles. The van der Waals surface area contributed by atoms with E-state index in [1.165, 1.54) is 0 Å². The number of pyridine rings is 1. The number of anilines is 1. The van der Waals surface area contributed by atoms with Gasteiger partial charge >= 0.3 is 0 Å². The Morgan fingerprint density at radius 2 is 1.95 bits per heavy atom. The minimum Gasteiger partial charge on any atom is -0.492 e. The van der Waals surface area contributed by atoms with Gasteiger partial charge in [-0.3, -0.25) is 0 Å². The molecule has 0 aliphatic carbocycles. The Labute approximate surface area is 118 Å². The zero-order chi connectivity index (χ0) is 13.5. The molecule has 0 aliphatic heterocycles. The minimum absolute atomic E-state index is 0.530. The summed E-state index contributed by atoms with van der Waals surface area (Å²) >= 11 is 5.74. The molecule has 0 unspecified atom stereocenters. The predicted octanol–water partition coefficient (Wildman–Crippen LogP) is 3.34. The van der Waals surface area contributed by atoms with Crippen LogP contribution in [0.3, 0.4) is 0 Å². The molecule has 4 heteroatoms. The average molecular weight is 277 g/mol. The van der Waals surface area contributed by atoms with Crippen LogP contribution in [0.4, 0.5) is 5.82 Å². The molecule has 0 spiro atoms. The number of likely N-dealkylation sites (N-methyl/N-ethyl adjacent to an activating group) is 1. The van der Waals surface area contributed by atoms with Crippen LogP contribution in [-0.4, -0.2) is 25.2 Å². The van der Waals surface area contributed by atoms with E-state index in [1.807, 2.05) is 49.5 Å². The first kappa shape index (κ1) is 13.7. The molecule has 0 N–H and O–H groups in total. The molecule has 0 saturated heterocycles. The molecule has 1 heterocycles. The highest BCUT2D eigenvalue weighted by Gasteiger charge is 2.01. The number of rotatable bonds is 6. The van der Waals surface area contributed by atoms with Crippen molar-refractivity contribution in [2.45, 2.75) is 5.88 Å². The maximum Gasteiger partial charge on any atom is 0.128 e. The molecule has 0 radical (unpaired) electrons. The highest BCUT2D eigenvalue weighted by molar-refractivity contribution is 6.17. The second-order valence-corrected chi connectivity index (χ2v) is 4.50. The molecule has 0 aliphatic rings. The number of ether oxygens (including phenoxy) is 1. The van der Waals surface area contributed by atoms with Gasteiger partial charge in [0.15, 0.2) is 0 Å². The molecule has 2 aromatic rings.